The van der Waals surface area contributed by atoms with Crippen LogP contribution in [-0.2, 0) is 16.0 Å². The first-order valence-electron chi connectivity index (χ1n) is 6.21. The summed E-state index contributed by atoms with van der Waals surface area (Å²) in [6.45, 7) is 1.32. The Labute approximate surface area is 112 Å². The summed E-state index contributed by atoms with van der Waals surface area (Å²) in [6.07, 6.45) is 4.22. The highest BCUT2D eigenvalue weighted by Crippen LogP contribution is 2.22. The van der Waals surface area contributed by atoms with Crippen LogP contribution in [0.25, 0.3) is 0 Å². The van der Waals surface area contributed by atoms with Crippen LogP contribution in [-0.4, -0.2) is 30.5 Å². The topological polar surface area (TPSA) is 51.5 Å². The van der Waals surface area contributed by atoms with Crippen LogP contribution in [0.4, 0.5) is 0 Å². The highest BCUT2D eigenvalue weighted by molar-refractivity contribution is 6.18. The Balaban J connectivity index is 1.81. The smallest absolute Gasteiger partial charge is 0.220 e. The Morgan fingerprint density at radius 1 is 1.44 bits per heavy atom. The van der Waals surface area contributed by atoms with Gasteiger partial charge < -0.3 is 14.5 Å². The van der Waals surface area contributed by atoms with E-state index in [0.717, 1.165) is 18.6 Å². The minimum atomic E-state index is -0.292. The molecule has 0 bridgehead atoms. The molecule has 1 fully saturated rings. The Hall–Kier alpha value is -1.00. The number of halogens is 1. The van der Waals surface area contributed by atoms with Gasteiger partial charge in [-0.2, -0.15) is 0 Å². The number of carbonyl (C=O) groups excluding carboxylic acids is 1. The van der Waals surface area contributed by atoms with Crippen LogP contribution in [0.1, 0.15) is 25.0 Å². The predicted octanol–water partition coefficient (Wildman–Crippen LogP) is 2.12. The van der Waals surface area contributed by atoms with Gasteiger partial charge in [0.2, 0.25) is 5.91 Å². The van der Waals surface area contributed by atoms with Crippen LogP contribution in [0.5, 0.6) is 0 Å². The lowest BCUT2D eigenvalue weighted by Crippen LogP contribution is -2.53. The van der Waals surface area contributed by atoms with Crippen LogP contribution >= 0.6 is 11.6 Å². The summed E-state index contributed by atoms with van der Waals surface area (Å²) in [7, 11) is 0. The zero-order valence-corrected chi connectivity index (χ0v) is 11.0. The lowest BCUT2D eigenvalue weighted by molar-refractivity contribution is -0.123. The molecule has 2 heterocycles. The first kappa shape index (κ1) is 13.4. The lowest BCUT2D eigenvalue weighted by atomic mass is 9.92. The van der Waals surface area contributed by atoms with Gasteiger partial charge in [-0.15, -0.1) is 11.6 Å². The number of furan rings is 1. The van der Waals surface area contributed by atoms with Gasteiger partial charge in [-0.25, -0.2) is 0 Å². The van der Waals surface area contributed by atoms with Crippen molar-refractivity contribution < 1.29 is 13.9 Å². The molecule has 0 saturated carbocycles. The Kier molecular flexibility index (Phi) is 4.66. The van der Waals surface area contributed by atoms with Crippen LogP contribution < -0.4 is 5.32 Å². The quantitative estimate of drug-likeness (QED) is 0.835. The molecule has 1 aromatic heterocycles. The van der Waals surface area contributed by atoms with Gasteiger partial charge in [0.1, 0.15) is 5.76 Å². The van der Waals surface area contributed by atoms with Gasteiger partial charge in [0, 0.05) is 31.9 Å². The van der Waals surface area contributed by atoms with Gasteiger partial charge in [0.25, 0.3) is 0 Å². The number of hydrogen-bond acceptors (Lipinski definition) is 3. The van der Waals surface area contributed by atoms with E-state index >= 15 is 0 Å². The highest BCUT2D eigenvalue weighted by atomic mass is 35.5. The fourth-order valence-electron chi connectivity index (χ4n) is 2.10. The first-order chi connectivity index (χ1) is 8.74. The minimum absolute atomic E-state index is 0.0222. The third kappa shape index (κ3) is 3.50. The largest absolute Gasteiger partial charge is 0.469 e. The molecule has 2 rings (SSSR count). The van der Waals surface area contributed by atoms with E-state index in [2.05, 4.69) is 5.32 Å². The van der Waals surface area contributed by atoms with Crippen molar-refractivity contribution in [1.82, 2.24) is 5.32 Å². The number of ether oxygens (including phenoxy) is 1. The number of alkyl halides is 1. The molecule has 0 atom stereocenters. The fourth-order valence-corrected chi connectivity index (χ4v) is 2.44. The number of amides is 1. The molecule has 100 valence electrons. The van der Waals surface area contributed by atoms with Gasteiger partial charge in [-0.1, -0.05) is 0 Å². The standard InChI is InChI=1S/C13H18ClNO3/c14-10-13(5-8-17-9-6-13)15-12(16)4-3-11-2-1-7-18-11/h1-2,7H,3-6,8-10H2,(H,15,16). The SMILES string of the molecule is O=C(CCc1ccco1)NC1(CCl)CCOCC1. The second kappa shape index (κ2) is 6.25. The summed E-state index contributed by atoms with van der Waals surface area (Å²) in [5.74, 6) is 1.29. The van der Waals surface area contributed by atoms with E-state index in [1.54, 1.807) is 6.26 Å². The maximum Gasteiger partial charge on any atom is 0.220 e. The van der Waals surface area contributed by atoms with Crippen molar-refractivity contribution in [2.24, 2.45) is 0 Å². The fraction of sp³-hybridized carbons (Fsp3) is 0.615. The Bertz CT molecular complexity index is 372. The molecule has 1 aliphatic heterocycles. The second-order valence-corrected chi connectivity index (χ2v) is 4.92. The van der Waals surface area contributed by atoms with Gasteiger partial charge >= 0.3 is 0 Å². The summed E-state index contributed by atoms with van der Waals surface area (Å²) in [6, 6.07) is 3.70. The second-order valence-electron chi connectivity index (χ2n) is 4.65. The van der Waals surface area contributed by atoms with Crippen molar-refractivity contribution in [3.8, 4) is 0 Å². The third-order valence-corrected chi connectivity index (χ3v) is 3.80. The molecule has 0 aromatic carbocycles. The Morgan fingerprint density at radius 2 is 2.22 bits per heavy atom. The zero-order chi connectivity index (χ0) is 12.8. The molecule has 0 radical (unpaired) electrons. The number of carbonyl (C=O) groups is 1. The van der Waals surface area contributed by atoms with Gasteiger partial charge in [0.05, 0.1) is 11.8 Å². The molecule has 1 aromatic rings. The third-order valence-electron chi connectivity index (χ3n) is 3.29. The normalized spacial score (nSPS) is 18.5. The van der Waals surface area contributed by atoms with E-state index in [-0.39, 0.29) is 11.4 Å². The van der Waals surface area contributed by atoms with E-state index in [0.29, 0.717) is 31.9 Å². The molecular formula is C13H18ClNO3. The molecule has 0 spiro atoms. The van der Waals surface area contributed by atoms with E-state index < -0.39 is 0 Å². The number of rotatable bonds is 5. The Morgan fingerprint density at radius 3 is 2.83 bits per heavy atom. The molecule has 0 aliphatic carbocycles. The molecule has 1 saturated heterocycles. The van der Waals surface area contributed by atoms with Crippen molar-refractivity contribution in [1.29, 1.82) is 0 Å². The summed E-state index contributed by atoms with van der Waals surface area (Å²) in [5, 5.41) is 3.05. The molecule has 18 heavy (non-hydrogen) atoms. The van der Waals surface area contributed by atoms with Crippen molar-refractivity contribution in [3.63, 3.8) is 0 Å². The van der Waals surface area contributed by atoms with Crippen LogP contribution in [0.3, 0.4) is 0 Å². The molecule has 4 nitrogen and oxygen atoms in total. The average molecular weight is 272 g/mol. The zero-order valence-electron chi connectivity index (χ0n) is 10.3. The van der Waals surface area contributed by atoms with Crippen molar-refractivity contribution in [2.75, 3.05) is 19.1 Å². The van der Waals surface area contributed by atoms with E-state index in [4.69, 9.17) is 20.8 Å². The van der Waals surface area contributed by atoms with E-state index in [1.807, 2.05) is 12.1 Å². The van der Waals surface area contributed by atoms with Crippen LogP contribution in [0.2, 0.25) is 0 Å². The summed E-state index contributed by atoms with van der Waals surface area (Å²) >= 11 is 5.99. The summed E-state index contributed by atoms with van der Waals surface area (Å²) in [5.41, 5.74) is -0.292. The molecule has 0 unspecified atom stereocenters. The highest BCUT2D eigenvalue weighted by Gasteiger charge is 2.33. The maximum absolute atomic E-state index is 11.9. The monoisotopic (exact) mass is 271 g/mol. The van der Waals surface area contributed by atoms with Crippen molar-refractivity contribution >= 4 is 17.5 Å². The minimum Gasteiger partial charge on any atom is -0.469 e. The number of nitrogens with one attached hydrogen (secondary N) is 1. The van der Waals surface area contributed by atoms with Gasteiger partial charge in [0.15, 0.2) is 0 Å². The number of aryl methyl sites for hydroxylation is 1. The van der Waals surface area contributed by atoms with Crippen LogP contribution in [0, 0.1) is 0 Å². The van der Waals surface area contributed by atoms with Gasteiger partial charge in [-0.3, -0.25) is 4.79 Å². The van der Waals surface area contributed by atoms with E-state index in [1.165, 1.54) is 0 Å². The molecule has 1 N–H and O–H groups in total. The number of hydrogen-bond donors (Lipinski definition) is 1. The lowest BCUT2D eigenvalue weighted by Gasteiger charge is -2.36. The summed E-state index contributed by atoms with van der Waals surface area (Å²) < 4.78 is 10.5. The van der Waals surface area contributed by atoms with Crippen molar-refractivity contribution in [2.45, 2.75) is 31.2 Å². The van der Waals surface area contributed by atoms with Crippen LogP contribution in [0.15, 0.2) is 22.8 Å². The molecule has 5 heteroatoms. The van der Waals surface area contributed by atoms with Gasteiger partial charge in [-0.05, 0) is 25.0 Å². The van der Waals surface area contributed by atoms with E-state index in [9.17, 15) is 4.79 Å². The molecular weight excluding hydrogens is 254 g/mol. The first-order valence-corrected chi connectivity index (χ1v) is 6.75. The van der Waals surface area contributed by atoms with Crippen molar-refractivity contribution in [3.05, 3.63) is 24.2 Å². The average Bonchev–Trinajstić information content (AvgIpc) is 2.91. The molecule has 1 aliphatic rings. The predicted molar refractivity (Wildman–Crippen MR) is 68.7 cm³/mol. The maximum atomic E-state index is 11.9. The molecule has 1 amide bonds. The summed E-state index contributed by atoms with van der Waals surface area (Å²) in [4.78, 5) is 11.9.